The molecular weight excluding hydrogens is 365 g/mol. The van der Waals surface area contributed by atoms with Crippen LogP contribution in [-0.4, -0.2) is 16.7 Å². The number of hydrogen-bond donors (Lipinski definition) is 0. The number of benzene rings is 2. The maximum atomic E-state index is 13.8. The van der Waals surface area contributed by atoms with Crippen LogP contribution in [0.25, 0.3) is 11.0 Å². The summed E-state index contributed by atoms with van der Waals surface area (Å²) in [5.74, 6) is -0.808. The number of amides is 2. The number of hydrogen-bond acceptors (Lipinski definition) is 3. The van der Waals surface area contributed by atoms with Crippen LogP contribution in [0.15, 0.2) is 51.4 Å². The lowest BCUT2D eigenvalue weighted by molar-refractivity contribution is 0.0632. The molecule has 0 saturated heterocycles. The van der Waals surface area contributed by atoms with Gasteiger partial charge in [-0.2, -0.15) is 0 Å². The summed E-state index contributed by atoms with van der Waals surface area (Å²) in [4.78, 5) is 25.8. The highest BCUT2D eigenvalue weighted by Gasteiger charge is 2.35. The van der Waals surface area contributed by atoms with Crippen LogP contribution < -0.4 is 0 Å². The van der Waals surface area contributed by atoms with E-state index in [1.54, 1.807) is 30.3 Å². The van der Waals surface area contributed by atoms with Crippen molar-refractivity contribution in [3.8, 4) is 0 Å². The lowest BCUT2D eigenvalue weighted by Gasteiger charge is -2.11. The van der Waals surface area contributed by atoms with Gasteiger partial charge in [0.05, 0.1) is 27.5 Å². The van der Waals surface area contributed by atoms with Crippen LogP contribution >= 0.6 is 15.9 Å². The van der Waals surface area contributed by atoms with Gasteiger partial charge in [-0.15, -0.1) is 0 Å². The fourth-order valence-electron chi connectivity index (χ4n) is 2.73. The van der Waals surface area contributed by atoms with Crippen LogP contribution in [0.1, 0.15) is 26.5 Å². The maximum absolute atomic E-state index is 13.8. The van der Waals surface area contributed by atoms with Crippen LogP contribution in [-0.2, 0) is 6.54 Å². The molecule has 4 rings (SSSR count). The normalized spacial score (nSPS) is 13.9. The zero-order valence-corrected chi connectivity index (χ0v) is 13.3. The van der Waals surface area contributed by atoms with Crippen LogP contribution in [0.4, 0.5) is 4.39 Å². The summed E-state index contributed by atoms with van der Waals surface area (Å²) in [6.07, 6.45) is 0. The zero-order valence-electron chi connectivity index (χ0n) is 11.7. The Morgan fingerprint density at radius 1 is 1.04 bits per heavy atom. The summed E-state index contributed by atoms with van der Waals surface area (Å²) in [7, 11) is 0. The first-order valence-corrected chi connectivity index (χ1v) is 7.67. The molecule has 0 unspecified atom stereocenters. The van der Waals surface area contributed by atoms with Gasteiger partial charge in [0.2, 0.25) is 0 Å². The van der Waals surface area contributed by atoms with Crippen molar-refractivity contribution in [3.05, 3.63) is 69.6 Å². The van der Waals surface area contributed by atoms with E-state index in [2.05, 4.69) is 15.9 Å². The van der Waals surface area contributed by atoms with Gasteiger partial charge >= 0.3 is 0 Å². The van der Waals surface area contributed by atoms with Gasteiger partial charge in [-0.05, 0) is 46.3 Å². The number of furan rings is 1. The highest BCUT2D eigenvalue weighted by Crippen LogP contribution is 2.31. The minimum absolute atomic E-state index is 0.0348. The Hall–Kier alpha value is -2.47. The van der Waals surface area contributed by atoms with Crippen LogP contribution in [0.5, 0.6) is 0 Å². The Labute approximate surface area is 138 Å². The van der Waals surface area contributed by atoms with Crippen molar-refractivity contribution in [1.29, 1.82) is 0 Å². The third-order valence-electron chi connectivity index (χ3n) is 3.83. The highest BCUT2D eigenvalue weighted by molar-refractivity contribution is 9.10. The fraction of sp³-hybridized carbons (Fsp3) is 0.0588. The van der Waals surface area contributed by atoms with Gasteiger partial charge in [-0.3, -0.25) is 14.5 Å². The van der Waals surface area contributed by atoms with E-state index in [1.807, 2.05) is 0 Å². The second kappa shape index (κ2) is 5.03. The minimum atomic E-state index is -0.416. The van der Waals surface area contributed by atoms with E-state index in [-0.39, 0.29) is 18.4 Å². The average molecular weight is 374 g/mol. The largest absolute Gasteiger partial charge is 0.458 e. The molecule has 1 aromatic heterocycles. The number of halogens is 2. The maximum Gasteiger partial charge on any atom is 0.261 e. The summed E-state index contributed by atoms with van der Waals surface area (Å²) in [5, 5.41) is 0.311. The molecule has 2 heterocycles. The van der Waals surface area contributed by atoms with E-state index in [4.69, 9.17) is 4.42 Å². The predicted molar refractivity (Wildman–Crippen MR) is 84.5 cm³/mol. The standard InChI is InChI=1S/C17H9BrFNO3/c18-13-5-6-14(19)12-7-9(23-15(12)13)8-20-16(21)10-3-1-2-4-11(10)17(20)22/h1-7H,8H2. The Bertz CT molecular complexity index is 905. The van der Waals surface area contributed by atoms with Gasteiger partial charge < -0.3 is 4.42 Å². The predicted octanol–water partition coefficient (Wildman–Crippen LogP) is 4.13. The second-order valence-corrected chi connectivity index (χ2v) is 6.08. The van der Waals surface area contributed by atoms with Crippen molar-refractivity contribution in [2.75, 3.05) is 0 Å². The number of carbonyl (C=O) groups excluding carboxylic acids is 2. The van der Waals surface area contributed by atoms with Crippen molar-refractivity contribution in [2.24, 2.45) is 0 Å². The first-order chi connectivity index (χ1) is 11.1. The Balaban J connectivity index is 1.72. The van der Waals surface area contributed by atoms with Crippen molar-refractivity contribution in [1.82, 2.24) is 4.90 Å². The molecule has 23 heavy (non-hydrogen) atoms. The minimum Gasteiger partial charge on any atom is -0.458 e. The lowest BCUT2D eigenvalue weighted by atomic mass is 10.1. The molecule has 0 atom stereocenters. The van der Waals surface area contributed by atoms with Crippen LogP contribution in [0, 0.1) is 5.82 Å². The van der Waals surface area contributed by atoms with Gasteiger partial charge in [-0.25, -0.2) is 4.39 Å². The van der Waals surface area contributed by atoms with Crippen molar-refractivity contribution in [2.45, 2.75) is 6.54 Å². The third kappa shape index (κ3) is 2.09. The molecular formula is C17H9BrFNO3. The van der Waals surface area contributed by atoms with E-state index >= 15 is 0 Å². The Kier molecular flexibility index (Phi) is 3.09. The molecule has 0 bridgehead atoms. The van der Waals surface area contributed by atoms with Crippen molar-refractivity contribution in [3.63, 3.8) is 0 Å². The molecule has 1 aliphatic heterocycles. The second-order valence-electron chi connectivity index (χ2n) is 5.23. The molecule has 0 N–H and O–H groups in total. The van der Waals surface area contributed by atoms with Crippen molar-refractivity contribution < 1.29 is 18.4 Å². The first kappa shape index (κ1) is 14.1. The van der Waals surface area contributed by atoms with Crippen LogP contribution in [0.2, 0.25) is 0 Å². The van der Waals surface area contributed by atoms with E-state index < -0.39 is 5.82 Å². The zero-order chi connectivity index (χ0) is 16.1. The van der Waals surface area contributed by atoms with Gasteiger partial charge in [-0.1, -0.05) is 12.1 Å². The number of rotatable bonds is 2. The molecule has 3 aromatic rings. The molecule has 1 aliphatic rings. The molecule has 114 valence electrons. The SMILES string of the molecule is O=C1c2ccccc2C(=O)N1Cc1cc2c(F)ccc(Br)c2o1. The highest BCUT2D eigenvalue weighted by atomic mass is 79.9. The Morgan fingerprint density at radius 2 is 1.70 bits per heavy atom. The number of nitrogens with zero attached hydrogens (tertiary/aromatic N) is 1. The fourth-order valence-corrected chi connectivity index (χ4v) is 3.15. The van der Waals surface area contributed by atoms with Gasteiger partial charge in [0.25, 0.3) is 11.8 Å². The molecule has 0 spiro atoms. The number of imide groups is 1. The summed E-state index contributed by atoms with van der Waals surface area (Å²) >= 11 is 3.30. The number of fused-ring (bicyclic) bond motifs is 2. The van der Waals surface area contributed by atoms with Gasteiger partial charge in [0, 0.05) is 0 Å². The number of carbonyl (C=O) groups is 2. The molecule has 0 saturated carbocycles. The smallest absolute Gasteiger partial charge is 0.261 e. The summed E-state index contributed by atoms with van der Waals surface area (Å²) in [6, 6.07) is 11.0. The van der Waals surface area contributed by atoms with E-state index in [9.17, 15) is 14.0 Å². The topological polar surface area (TPSA) is 50.5 Å². The van der Waals surface area contributed by atoms with E-state index in [0.717, 1.165) is 4.90 Å². The van der Waals surface area contributed by atoms with E-state index in [0.29, 0.717) is 32.3 Å². The molecule has 4 nitrogen and oxygen atoms in total. The molecule has 2 amide bonds. The molecule has 2 aromatic carbocycles. The van der Waals surface area contributed by atoms with Gasteiger partial charge in [0.15, 0.2) is 5.58 Å². The Morgan fingerprint density at radius 3 is 2.30 bits per heavy atom. The average Bonchev–Trinajstić information content (AvgIpc) is 3.09. The monoisotopic (exact) mass is 373 g/mol. The van der Waals surface area contributed by atoms with Crippen LogP contribution in [0.3, 0.4) is 0 Å². The molecule has 0 fully saturated rings. The third-order valence-corrected chi connectivity index (χ3v) is 4.45. The van der Waals surface area contributed by atoms with Gasteiger partial charge in [0.1, 0.15) is 11.6 Å². The molecule has 0 radical (unpaired) electrons. The summed E-state index contributed by atoms with van der Waals surface area (Å²) in [5.41, 5.74) is 1.11. The first-order valence-electron chi connectivity index (χ1n) is 6.88. The molecule has 0 aliphatic carbocycles. The van der Waals surface area contributed by atoms with Crippen molar-refractivity contribution >= 4 is 38.7 Å². The summed E-state index contributed by atoms with van der Waals surface area (Å²) < 4.78 is 20.1. The van der Waals surface area contributed by atoms with E-state index in [1.165, 1.54) is 12.1 Å². The quantitative estimate of drug-likeness (QED) is 0.634. The lowest BCUT2D eigenvalue weighted by Crippen LogP contribution is -2.28. The summed E-state index contributed by atoms with van der Waals surface area (Å²) in [6.45, 7) is -0.0348. The molecule has 6 heteroatoms.